The standard InChI is InChI=1S/C22H28N4O4/c1-14(2)10-25-11-18-7-8-26(13-22(18,12-25)21-23-15(3)24-30-21)19(27)16-5-4-6-17(9-16)20(28)29/h4-6,9,14,18H,7-8,10-13H2,1-3H3,(H,28,29)/t18-,22+/m0/s1. The maximum atomic E-state index is 13.3. The molecule has 1 amide bonds. The average Bonchev–Trinajstić information content (AvgIpc) is 3.30. The monoisotopic (exact) mass is 412 g/mol. The minimum absolute atomic E-state index is 0.113. The maximum Gasteiger partial charge on any atom is 0.335 e. The molecule has 0 bridgehead atoms. The van der Waals surface area contributed by atoms with Gasteiger partial charge in [-0.1, -0.05) is 25.1 Å². The number of carboxylic acids is 1. The molecule has 2 atom stereocenters. The molecular formula is C22H28N4O4. The summed E-state index contributed by atoms with van der Waals surface area (Å²) in [4.78, 5) is 33.4. The smallest absolute Gasteiger partial charge is 0.335 e. The van der Waals surface area contributed by atoms with Gasteiger partial charge in [-0.3, -0.25) is 4.79 Å². The summed E-state index contributed by atoms with van der Waals surface area (Å²) in [6.07, 6.45) is 0.848. The van der Waals surface area contributed by atoms with Crippen LogP contribution in [0.3, 0.4) is 0 Å². The summed E-state index contributed by atoms with van der Waals surface area (Å²) in [5, 5.41) is 13.3. The normalized spacial score (nSPS) is 24.3. The van der Waals surface area contributed by atoms with E-state index in [0.29, 0.717) is 42.2 Å². The van der Waals surface area contributed by atoms with Crippen molar-refractivity contribution in [2.75, 3.05) is 32.7 Å². The minimum Gasteiger partial charge on any atom is -0.478 e. The molecule has 3 heterocycles. The zero-order valence-corrected chi connectivity index (χ0v) is 17.7. The third-order valence-electron chi connectivity index (χ3n) is 6.21. The number of aryl methyl sites for hydroxylation is 1. The van der Waals surface area contributed by atoms with Gasteiger partial charge in [0, 0.05) is 38.3 Å². The number of benzene rings is 1. The third kappa shape index (κ3) is 3.71. The van der Waals surface area contributed by atoms with Gasteiger partial charge in [-0.15, -0.1) is 0 Å². The maximum absolute atomic E-state index is 13.3. The lowest BCUT2D eigenvalue weighted by atomic mass is 9.73. The summed E-state index contributed by atoms with van der Waals surface area (Å²) in [5.41, 5.74) is 0.110. The van der Waals surface area contributed by atoms with Crippen LogP contribution in [-0.2, 0) is 5.41 Å². The van der Waals surface area contributed by atoms with E-state index in [1.807, 2.05) is 11.8 Å². The Morgan fingerprint density at radius 3 is 2.73 bits per heavy atom. The molecule has 4 rings (SSSR count). The van der Waals surface area contributed by atoms with Crippen molar-refractivity contribution in [1.82, 2.24) is 19.9 Å². The van der Waals surface area contributed by atoms with Crippen LogP contribution >= 0.6 is 0 Å². The molecule has 8 heteroatoms. The number of aromatic nitrogens is 2. The van der Waals surface area contributed by atoms with Gasteiger partial charge in [0.05, 0.1) is 11.0 Å². The van der Waals surface area contributed by atoms with Crippen molar-refractivity contribution in [2.45, 2.75) is 32.6 Å². The number of carbonyl (C=O) groups excluding carboxylic acids is 1. The summed E-state index contributed by atoms with van der Waals surface area (Å²) in [6.45, 7) is 10.1. The molecule has 1 aromatic heterocycles. The van der Waals surface area contributed by atoms with Gasteiger partial charge in [0.1, 0.15) is 0 Å². The van der Waals surface area contributed by atoms with Crippen LogP contribution < -0.4 is 0 Å². The second-order valence-corrected chi connectivity index (χ2v) is 8.99. The first-order valence-corrected chi connectivity index (χ1v) is 10.4. The molecule has 1 N–H and O–H groups in total. The zero-order valence-electron chi connectivity index (χ0n) is 17.7. The topological polar surface area (TPSA) is 99.8 Å². The minimum atomic E-state index is -1.04. The Balaban J connectivity index is 1.64. The summed E-state index contributed by atoms with van der Waals surface area (Å²) in [5.74, 6) is 0.885. The Labute approximate surface area is 175 Å². The third-order valence-corrected chi connectivity index (χ3v) is 6.21. The Bertz CT molecular complexity index is 956. The van der Waals surface area contributed by atoms with E-state index in [0.717, 1.165) is 26.1 Å². The van der Waals surface area contributed by atoms with Crippen molar-refractivity contribution in [3.63, 3.8) is 0 Å². The number of aromatic carboxylic acids is 1. The highest BCUT2D eigenvalue weighted by Crippen LogP contribution is 2.44. The van der Waals surface area contributed by atoms with Crippen LogP contribution in [0.5, 0.6) is 0 Å². The van der Waals surface area contributed by atoms with Crippen LogP contribution in [0.1, 0.15) is 52.7 Å². The van der Waals surface area contributed by atoms with Crippen LogP contribution in [-0.4, -0.2) is 69.6 Å². The van der Waals surface area contributed by atoms with Crippen LogP contribution in [0, 0.1) is 18.8 Å². The first-order chi connectivity index (χ1) is 14.3. The number of carboxylic acid groups (broad SMARTS) is 1. The number of nitrogens with zero attached hydrogens (tertiary/aromatic N) is 4. The molecule has 160 valence electrons. The van der Waals surface area contributed by atoms with Gasteiger partial charge in [0.2, 0.25) is 5.89 Å². The van der Waals surface area contributed by atoms with Gasteiger partial charge >= 0.3 is 5.97 Å². The van der Waals surface area contributed by atoms with E-state index in [2.05, 4.69) is 28.9 Å². The Morgan fingerprint density at radius 2 is 2.07 bits per heavy atom. The Morgan fingerprint density at radius 1 is 1.30 bits per heavy atom. The first-order valence-electron chi connectivity index (χ1n) is 10.4. The van der Waals surface area contributed by atoms with Crippen molar-refractivity contribution in [3.05, 3.63) is 47.1 Å². The van der Waals surface area contributed by atoms with E-state index in [1.165, 1.54) is 12.1 Å². The zero-order chi connectivity index (χ0) is 21.5. The fraction of sp³-hybridized carbons (Fsp3) is 0.545. The second-order valence-electron chi connectivity index (χ2n) is 8.99. The summed E-state index contributed by atoms with van der Waals surface area (Å²) >= 11 is 0. The molecular weight excluding hydrogens is 384 g/mol. The first kappa shape index (κ1) is 20.5. The molecule has 8 nitrogen and oxygen atoms in total. The van der Waals surface area contributed by atoms with Crippen molar-refractivity contribution in [1.29, 1.82) is 0 Å². The number of rotatable bonds is 5. The predicted octanol–water partition coefficient (Wildman–Crippen LogP) is 2.45. The number of piperidine rings is 1. The van der Waals surface area contributed by atoms with Gasteiger partial charge in [-0.2, -0.15) is 4.98 Å². The van der Waals surface area contributed by atoms with Crippen molar-refractivity contribution < 1.29 is 19.2 Å². The van der Waals surface area contributed by atoms with Gasteiger partial charge < -0.3 is 19.4 Å². The molecule has 2 saturated heterocycles. The van der Waals surface area contributed by atoms with Gasteiger partial charge in [0.15, 0.2) is 5.82 Å². The fourth-order valence-corrected chi connectivity index (χ4v) is 4.96. The highest BCUT2D eigenvalue weighted by Gasteiger charge is 2.55. The molecule has 1 aromatic carbocycles. The molecule has 2 aliphatic heterocycles. The summed E-state index contributed by atoms with van der Waals surface area (Å²) < 4.78 is 5.64. The van der Waals surface area contributed by atoms with Crippen LogP contribution in [0.25, 0.3) is 0 Å². The van der Waals surface area contributed by atoms with E-state index in [4.69, 9.17) is 4.52 Å². The fourth-order valence-electron chi connectivity index (χ4n) is 4.96. The molecule has 0 saturated carbocycles. The van der Waals surface area contributed by atoms with Crippen LogP contribution in [0.2, 0.25) is 0 Å². The number of amides is 1. The molecule has 2 aromatic rings. The van der Waals surface area contributed by atoms with E-state index in [9.17, 15) is 14.7 Å². The molecule has 0 radical (unpaired) electrons. The molecule has 0 aliphatic carbocycles. The quantitative estimate of drug-likeness (QED) is 0.805. The SMILES string of the molecule is Cc1noc([C@@]23CN(CC(C)C)C[C@@H]2CCN(C(=O)c2cccc(C(=O)O)c2)C3)n1. The number of hydrogen-bond donors (Lipinski definition) is 1. The highest BCUT2D eigenvalue weighted by atomic mass is 16.5. The number of carbonyl (C=O) groups is 2. The van der Waals surface area contributed by atoms with Crippen molar-refractivity contribution in [2.24, 2.45) is 11.8 Å². The lowest BCUT2D eigenvalue weighted by Gasteiger charge is -2.42. The molecule has 0 unspecified atom stereocenters. The van der Waals surface area contributed by atoms with Gasteiger partial charge in [-0.25, -0.2) is 4.79 Å². The molecule has 2 aliphatic rings. The largest absolute Gasteiger partial charge is 0.478 e. The van der Waals surface area contributed by atoms with E-state index >= 15 is 0 Å². The lowest BCUT2D eigenvalue weighted by Crippen LogP contribution is -2.53. The lowest BCUT2D eigenvalue weighted by molar-refractivity contribution is 0.0536. The van der Waals surface area contributed by atoms with E-state index in [1.54, 1.807) is 12.1 Å². The van der Waals surface area contributed by atoms with Crippen LogP contribution in [0.15, 0.2) is 28.8 Å². The summed E-state index contributed by atoms with van der Waals surface area (Å²) in [6, 6.07) is 6.22. The molecule has 0 spiro atoms. The van der Waals surface area contributed by atoms with Gasteiger partial charge in [-0.05, 0) is 43.4 Å². The number of fused-ring (bicyclic) bond motifs is 1. The second kappa shape index (κ2) is 7.83. The Kier molecular flexibility index (Phi) is 5.36. The summed E-state index contributed by atoms with van der Waals surface area (Å²) in [7, 11) is 0. The predicted molar refractivity (Wildman–Crippen MR) is 109 cm³/mol. The highest BCUT2D eigenvalue weighted by molar-refractivity contribution is 5.97. The van der Waals surface area contributed by atoms with E-state index < -0.39 is 11.4 Å². The van der Waals surface area contributed by atoms with E-state index in [-0.39, 0.29) is 11.5 Å². The van der Waals surface area contributed by atoms with Crippen molar-refractivity contribution in [3.8, 4) is 0 Å². The molecule has 30 heavy (non-hydrogen) atoms. The number of likely N-dealkylation sites (tertiary alicyclic amines) is 2. The number of hydrogen-bond acceptors (Lipinski definition) is 6. The molecule has 2 fully saturated rings. The van der Waals surface area contributed by atoms with Gasteiger partial charge in [0.25, 0.3) is 5.91 Å². The van der Waals surface area contributed by atoms with Crippen LogP contribution in [0.4, 0.5) is 0 Å². The van der Waals surface area contributed by atoms with Crippen molar-refractivity contribution >= 4 is 11.9 Å². The Hall–Kier alpha value is -2.74. The average molecular weight is 412 g/mol.